The van der Waals surface area contributed by atoms with Crippen molar-refractivity contribution in [3.05, 3.63) is 0 Å². The average molecular weight is 493 g/mol. The lowest BCUT2D eigenvalue weighted by atomic mass is 9.95. The normalized spacial score (nSPS) is 20.0. The first-order chi connectivity index (χ1) is 12.7. The molecule has 0 aromatic heterocycles. The molecule has 2 fully saturated rings. The van der Waals surface area contributed by atoms with E-state index in [9.17, 15) is 4.79 Å². The minimum Gasteiger partial charge on any atom is -0.357 e. The maximum absolute atomic E-state index is 12.1. The zero-order valence-electron chi connectivity index (χ0n) is 17.3. The molecule has 27 heavy (non-hydrogen) atoms. The maximum atomic E-state index is 12.1. The molecule has 0 radical (unpaired) electrons. The van der Waals surface area contributed by atoms with Gasteiger partial charge in [0.2, 0.25) is 5.91 Å². The molecule has 1 aliphatic heterocycles. The molecule has 0 aromatic carbocycles. The Morgan fingerprint density at radius 2 is 1.67 bits per heavy atom. The number of aliphatic imine (C=N–C) groups is 1. The van der Waals surface area contributed by atoms with Crippen molar-refractivity contribution in [2.45, 2.75) is 83.7 Å². The number of nitrogens with zero attached hydrogens (tertiary/aromatic N) is 2. The van der Waals surface area contributed by atoms with Crippen molar-refractivity contribution in [3.8, 4) is 0 Å². The van der Waals surface area contributed by atoms with E-state index in [1.54, 1.807) is 0 Å². The van der Waals surface area contributed by atoms with Crippen LogP contribution in [-0.2, 0) is 4.79 Å². The van der Waals surface area contributed by atoms with Crippen molar-refractivity contribution >= 4 is 35.8 Å². The number of rotatable bonds is 8. The summed E-state index contributed by atoms with van der Waals surface area (Å²) in [5.74, 6) is 0.997. The number of guanidine groups is 1. The lowest BCUT2D eigenvalue weighted by Gasteiger charge is -2.32. The highest BCUT2D eigenvalue weighted by molar-refractivity contribution is 14.0. The Bertz CT molecular complexity index is 432. The molecule has 2 rings (SSSR count). The molecular weight excluding hydrogens is 453 g/mol. The predicted octanol–water partition coefficient (Wildman–Crippen LogP) is 2.87. The summed E-state index contributed by atoms with van der Waals surface area (Å²) in [4.78, 5) is 19.3. The Morgan fingerprint density at radius 1 is 1.00 bits per heavy atom. The van der Waals surface area contributed by atoms with E-state index in [-0.39, 0.29) is 29.9 Å². The minimum atomic E-state index is 0. The lowest BCUT2D eigenvalue weighted by Crippen LogP contribution is -2.48. The van der Waals surface area contributed by atoms with Gasteiger partial charge in [-0.05, 0) is 45.6 Å². The van der Waals surface area contributed by atoms with Gasteiger partial charge in [-0.25, -0.2) is 0 Å². The molecular formula is C20H40IN5O. The molecule has 2 aliphatic rings. The topological polar surface area (TPSA) is 68.8 Å². The van der Waals surface area contributed by atoms with Crippen LogP contribution in [0.25, 0.3) is 0 Å². The van der Waals surface area contributed by atoms with Crippen LogP contribution in [0.4, 0.5) is 0 Å². The Kier molecular flexibility index (Phi) is 13.1. The van der Waals surface area contributed by atoms with Crippen molar-refractivity contribution in [1.82, 2.24) is 20.9 Å². The second kappa shape index (κ2) is 14.4. The summed E-state index contributed by atoms with van der Waals surface area (Å²) >= 11 is 0. The van der Waals surface area contributed by atoms with E-state index < -0.39 is 0 Å². The summed E-state index contributed by atoms with van der Waals surface area (Å²) in [6.07, 6.45) is 10.1. The monoisotopic (exact) mass is 493 g/mol. The highest BCUT2D eigenvalue weighted by Crippen LogP contribution is 2.17. The highest BCUT2D eigenvalue weighted by Gasteiger charge is 2.19. The van der Waals surface area contributed by atoms with Crippen LogP contribution in [0, 0.1) is 0 Å². The maximum Gasteiger partial charge on any atom is 0.222 e. The van der Waals surface area contributed by atoms with Crippen LogP contribution in [-0.4, -0.2) is 61.6 Å². The second-order valence-corrected chi connectivity index (χ2v) is 7.67. The summed E-state index contributed by atoms with van der Waals surface area (Å²) < 4.78 is 0. The van der Waals surface area contributed by atoms with Crippen LogP contribution in [0.3, 0.4) is 0 Å². The summed E-state index contributed by atoms with van der Waals surface area (Å²) in [5.41, 5.74) is 0. The molecule has 0 bridgehead atoms. The van der Waals surface area contributed by atoms with Gasteiger partial charge in [0, 0.05) is 38.1 Å². The molecule has 1 amide bonds. The molecule has 7 heteroatoms. The number of likely N-dealkylation sites (tertiary alicyclic amines) is 1. The number of carbonyl (C=O) groups is 1. The van der Waals surface area contributed by atoms with Gasteiger partial charge in [0.05, 0.1) is 6.54 Å². The largest absolute Gasteiger partial charge is 0.357 e. The fourth-order valence-electron chi connectivity index (χ4n) is 3.95. The average Bonchev–Trinajstić information content (AvgIpc) is 2.64. The zero-order valence-corrected chi connectivity index (χ0v) is 19.6. The van der Waals surface area contributed by atoms with Crippen LogP contribution >= 0.6 is 24.0 Å². The van der Waals surface area contributed by atoms with Gasteiger partial charge in [-0.1, -0.05) is 26.2 Å². The van der Waals surface area contributed by atoms with Gasteiger partial charge in [-0.2, -0.15) is 0 Å². The van der Waals surface area contributed by atoms with E-state index in [1.165, 1.54) is 32.2 Å². The zero-order chi connectivity index (χ0) is 18.6. The van der Waals surface area contributed by atoms with Gasteiger partial charge in [-0.15, -0.1) is 24.0 Å². The first-order valence-corrected chi connectivity index (χ1v) is 10.8. The molecule has 1 saturated carbocycles. The Labute approximate surface area is 182 Å². The fourth-order valence-corrected chi connectivity index (χ4v) is 3.95. The number of nitrogens with one attached hydrogen (secondary N) is 3. The Hall–Kier alpha value is -0.570. The molecule has 0 unspecified atom stereocenters. The first kappa shape index (κ1) is 24.5. The van der Waals surface area contributed by atoms with E-state index in [1.807, 2.05) is 0 Å². The smallest absolute Gasteiger partial charge is 0.222 e. The van der Waals surface area contributed by atoms with E-state index in [0.29, 0.717) is 25.0 Å². The number of hydrogen-bond acceptors (Lipinski definition) is 3. The molecule has 1 saturated heterocycles. The van der Waals surface area contributed by atoms with Crippen molar-refractivity contribution in [2.24, 2.45) is 4.99 Å². The van der Waals surface area contributed by atoms with Crippen LogP contribution in [0.1, 0.15) is 71.6 Å². The van der Waals surface area contributed by atoms with Crippen molar-refractivity contribution in [1.29, 1.82) is 0 Å². The Morgan fingerprint density at radius 3 is 2.30 bits per heavy atom. The number of amides is 1. The van der Waals surface area contributed by atoms with Gasteiger partial charge in [0.15, 0.2) is 5.96 Å². The third-order valence-electron chi connectivity index (χ3n) is 5.39. The van der Waals surface area contributed by atoms with Gasteiger partial charge in [0.1, 0.15) is 0 Å². The van der Waals surface area contributed by atoms with Crippen molar-refractivity contribution in [3.63, 3.8) is 0 Å². The van der Waals surface area contributed by atoms with E-state index >= 15 is 0 Å². The van der Waals surface area contributed by atoms with Crippen LogP contribution < -0.4 is 16.0 Å². The summed E-state index contributed by atoms with van der Waals surface area (Å²) in [5, 5.41) is 10.0. The fraction of sp³-hybridized carbons (Fsp3) is 0.900. The molecule has 0 atom stereocenters. The van der Waals surface area contributed by atoms with E-state index in [0.717, 1.165) is 51.3 Å². The third-order valence-corrected chi connectivity index (χ3v) is 5.39. The molecule has 3 N–H and O–H groups in total. The first-order valence-electron chi connectivity index (χ1n) is 10.8. The minimum absolute atomic E-state index is 0. The number of halogens is 1. The highest BCUT2D eigenvalue weighted by atomic mass is 127. The third kappa shape index (κ3) is 9.96. The summed E-state index contributed by atoms with van der Waals surface area (Å²) in [6.45, 7) is 9.24. The van der Waals surface area contributed by atoms with Gasteiger partial charge in [0.25, 0.3) is 0 Å². The van der Waals surface area contributed by atoms with Gasteiger partial charge >= 0.3 is 0 Å². The second-order valence-electron chi connectivity index (χ2n) is 7.67. The standard InChI is InChI=1S/C20H39N5O.HI/c1-3-14-25-15-11-18(12-16-25)24-20(21-4-2)22-13-10-19(26)23-17-8-6-5-7-9-17;/h17-18H,3-16H2,1-2H3,(H,23,26)(H2,21,22,24);1H. The predicted molar refractivity (Wildman–Crippen MR) is 124 cm³/mol. The molecule has 0 spiro atoms. The lowest BCUT2D eigenvalue weighted by molar-refractivity contribution is -0.121. The molecule has 6 nitrogen and oxygen atoms in total. The summed E-state index contributed by atoms with van der Waals surface area (Å²) in [6, 6.07) is 0.872. The quantitative estimate of drug-likeness (QED) is 0.277. The van der Waals surface area contributed by atoms with Crippen LogP contribution in [0.15, 0.2) is 4.99 Å². The van der Waals surface area contributed by atoms with Crippen molar-refractivity contribution in [2.75, 3.05) is 32.7 Å². The number of carbonyl (C=O) groups excluding carboxylic acids is 1. The molecule has 1 heterocycles. The van der Waals surface area contributed by atoms with Crippen molar-refractivity contribution < 1.29 is 4.79 Å². The van der Waals surface area contributed by atoms with Gasteiger partial charge < -0.3 is 20.9 Å². The van der Waals surface area contributed by atoms with Crippen LogP contribution in [0.2, 0.25) is 0 Å². The van der Waals surface area contributed by atoms with Gasteiger partial charge in [-0.3, -0.25) is 9.79 Å². The summed E-state index contributed by atoms with van der Waals surface area (Å²) in [7, 11) is 0. The Balaban J connectivity index is 0.00000364. The SMILES string of the molecule is CCCN1CCC(NC(=NCCC(=O)NC2CCCCC2)NCC)CC1.I. The molecule has 0 aromatic rings. The van der Waals surface area contributed by atoms with Crippen LogP contribution in [0.5, 0.6) is 0 Å². The van der Waals surface area contributed by atoms with E-state index in [4.69, 9.17) is 0 Å². The molecule has 158 valence electrons. The number of hydrogen-bond donors (Lipinski definition) is 3. The molecule has 1 aliphatic carbocycles. The number of piperidine rings is 1. The van der Waals surface area contributed by atoms with E-state index in [2.05, 4.69) is 39.7 Å².